The fraction of sp³-hybridized carbons (Fsp3) is 0.364. The highest BCUT2D eigenvalue weighted by Crippen LogP contribution is 2.19. The summed E-state index contributed by atoms with van der Waals surface area (Å²) in [5.74, 6) is -1.54. The van der Waals surface area contributed by atoms with Crippen molar-refractivity contribution in [2.24, 2.45) is 0 Å². The maximum Gasteiger partial charge on any atom is 0.224 e. The molecule has 0 fully saturated rings. The topological polar surface area (TPSA) is 69.6 Å². The number of hydrogen-bond acceptors (Lipinski definition) is 3. The SMILES string of the molecule is CC(O)CCC(=O)Nc1ccc(O)c(F)c1. The Bertz CT molecular complexity index is 379. The van der Waals surface area contributed by atoms with E-state index in [-0.39, 0.29) is 18.0 Å². The van der Waals surface area contributed by atoms with E-state index in [1.54, 1.807) is 6.92 Å². The van der Waals surface area contributed by atoms with Gasteiger partial charge in [0, 0.05) is 18.2 Å². The second-order valence-electron chi connectivity index (χ2n) is 3.60. The first-order valence-corrected chi connectivity index (χ1v) is 4.95. The third-order valence-corrected chi connectivity index (χ3v) is 2.02. The van der Waals surface area contributed by atoms with Gasteiger partial charge in [-0.3, -0.25) is 4.79 Å². The van der Waals surface area contributed by atoms with Crippen molar-refractivity contribution in [2.45, 2.75) is 25.9 Å². The predicted octanol–water partition coefficient (Wildman–Crippen LogP) is 1.63. The third-order valence-electron chi connectivity index (χ3n) is 2.02. The van der Waals surface area contributed by atoms with Crippen LogP contribution in [0.25, 0.3) is 0 Å². The number of anilines is 1. The Kier molecular flexibility index (Phi) is 4.25. The van der Waals surface area contributed by atoms with Gasteiger partial charge in [0.2, 0.25) is 5.91 Å². The van der Waals surface area contributed by atoms with Crippen LogP contribution in [0.2, 0.25) is 0 Å². The van der Waals surface area contributed by atoms with Gasteiger partial charge in [0.05, 0.1) is 6.10 Å². The molecule has 4 nitrogen and oxygen atoms in total. The fourth-order valence-electron chi connectivity index (χ4n) is 1.15. The zero-order chi connectivity index (χ0) is 12.1. The lowest BCUT2D eigenvalue weighted by Gasteiger charge is -2.06. The Balaban J connectivity index is 2.53. The number of amides is 1. The van der Waals surface area contributed by atoms with Crippen molar-refractivity contribution in [3.05, 3.63) is 24.0 Å². The van der Waals surface area contributed by atoms with Crippen LogP contribution in [-0.2, 0) is 4.79 Å². The number of benzene rings is 1. The number of phenolic OH excluding ortho intramolecular Hbond substituents is 1. The minimum absolute atomic E-state index is 0.167. The molecular weight excluding hydrogens is 213 g/mol. The van der Waals surface area contributed by atoms with Crippen LogP contribution in [-0.4, -0.2) is 22.2 Å². The molecule has 0 radical (unpaired) electrons. The van der Waals surface area contributed by atoms with Crippen LogP contribution in [0.5, 0.6) is 5.75 Å². The highest BCUT2D eigenvalue weighted by atomic mass is 19.1. The summed E-state index contributed by atoms with van der Waals surface area (Å²) in [6.45, 7) is 1.59. The van der Waals surface area contributed by atoms with Gasteiger partial charge in [0.25, 0.3) is 0 Å². The largest absolute Gasteiger partial charge is 0.505 e. The van der Waals surface area contributed by atoms with Gasteiger partial charge in [0.1, 0.15) is 0 Å². The summed E-state index contributed by atoms with van der Waals surface area (Å²) in [5, 5.41) is 20.4. The van der Waals surface area contributed by atoms with Gasteiger partial charge >= 0.3 is 0 Å². The maximum absolute atomic E-state index is 12.9. The van der Waals surface area contributed by atoms with E-state index in [0.29, 0.717) is 6.42 Å². The van der Waals surface area contributed by atoms with Crippen LogP contribution in [0.4, 0.5) is 10.1 Å². The summed E-state index contributed by atoms with van der Waals surface area (Å²) in [6, 6.07) is 3.61. The summed E-state index contributed by atoms with van der Waals surface area (Å²) < 4.78 is 12.9. The molecule has 1 atom stereocenters. The van der Waals surface area contributed by atoms with Gasteiger partial charge in [-0.25, -0.2) is 4.39 Å². The van der Waals surface area contributed by atoms with Crippen LogP contribution < -0.4 is 5.32 Å². The first kappa shape index (κ1) is 12.4. The minimum Gasteiger partial charge on any atom is -0.505 e. The molecule has 0 saturated carbocycles. The van der Waals surface area contributed by atoms with E-state index in [2.05, 4.69) is 5.32 Å². The molecule has 0 aromatic heterocycles. The molecule has 1 aromatic rings. The smallest absolute Gasteiger partial charge is 0.224 e. The van der Waals surface area contributed by atoms with Gasteiger partial charge in [0.15, 0.2) is 11.6 Å². The van der Waals surface area contributed by atoms with E-state index in [4.69, 9.17) is 10.2 Å². The van der Waals surface area contributed by atoms with E-state index in [9.17, 15) is 9.18 Å². The monoisotopic (exact) mass is 227 g/mol. The van der Waals surface area contributed by atoms with E-state index >= 15 is 0 Å². The Morgan fingerprint density at radius 3 is 2.81 bits per heavy atom. The number of nitrogens with one attached hydrogen (secondary N) is 1. The first-order valence-electron chi connectivity index (χ1n) is 4.95. The zero-order valence-electron chi connectivity index (χ0n) is 8.90. The van der Waals surface area contributed by atoms with Crippen molar-refractivity contribution in [1.82, 2.24) is 0 Å². The number of phenols is 1. The van der Waals surface area contributed by atoms with E-state index in [0.717, 1.165) is 6.07 Å². The zero-order valence-corrected chi connectivity index (χ0v) is 8.90. The molecule has 88 valence electrons. The van der Waals surface area contributed by atoms with Gasteiger partial charge in [-0.15, -0.1) is 0 Å². The van der Waals surface area contributed by atoms with Gasteiger partial charge in [-0.05, 0) is 25.5 Å². The van der Waals surface area contributed by atoms with Crippen LogP contribution in [0, 0.1) is 5.82 Å². The summed E-state index contributed by atoms with van der Waals surface area (Å²) >= 11 is 0. The molecule has 5 heteroatoms. The number of halogens is 1. The first-order chi connectivity index (χ1) is 7.49. The molecular formula is C11H14FNO3. The lowest BCUT2D eigenvalue weighted by atomic mass is 10.2. The molecule has 1 unspecified atom stereocenters. The molecule has 0 saturated heterocycles. The molecule has 3 N–H and O–H groups in total. The summed E-state index contributed by atoms with van der Waals surface area (Å²) in [4.78, 5) is 11.3. The molecule has 0 aliphatic heterocycles. The van der Waals surface area contributed by atoms with Crippen molar-refractivity contribution >= 4 is 11.6 Å². The molecule has 1 rings (SSSR count). The number of aromatic hydroxyl groups is 1. The second-order valence-corrected chi connectivity index (χ2v) is 3.60. The fourth-order valence-corrected chi connectivity index (χ4v) is 1.15. The number of aliphatic hydroxyl groups excluding tert-OH is 1. The lowest BCUT2D eigenvalue weighted by Crippen LogP contribution is -2.14. The minimum atomic E-state index is -0.784. The highest BCUT2D eigenvalue weighted by molar-refractivity contribution is 5.90. The average Bonchev–Trinajstić information content (AvgIpc) is 2.21. The van der Waals surface area contributed by atoms with Crippen LogP contribution in [0.15, 0.2) is 18.2 Å². The second kappa shape index (κ2) is 5.46. The van der Waals surface area contributed by atoms with E-state index < -0.39 is 17.7 Å². The Labute approximate surface area is 92.7 Å². The van der Waals surface area contributed by atoms with Crippen molar-refractivity contribution in [3.8, 4) is 5.75 Å². The molecule has 0 aliphatic rings. The van der Waals surface area contributed by atoms with Crippen LogP contribution in [0.3, 0.4) is 0 Å². The average molecular weight is 227 g/mol. The summed E-state index contributed by atoms with van der Waals surface area (Å²) in [6.07, 6.45) is -0.0191. The normalized spacial score (nSPS) is 12.2. The van der Waals surface area contributed by atoms with Gasteiger partial charge < -0.3 is 15.5 Å². The lowest BCUT2D eigenvalue weighted by molar-refractivity contribution is -0.116. The van der Waals surface area contributed by atoms with Gasteiger partial charge in [-0.1, -0.05) is 0 Å². The predicted molar refractivity (Wildman–Crippen MR) is 57.6 cm³/mol. The number of rotatable bonds is 4. The van der Waals surface area contributed by atoms with Crippen LogP contribution in [0.1, 0.15) is 19.8 Å². The Morgan fingerprint density at radius 2 is 2.25 bits per heavy atom. The molecule has 0 heterocycles. The maximum atomic E-state index is 12.9. The van der Waals surface area contributed by atoms with Gasteiger partial charge in [-0.2, -0.15) is 0 Å². The Morgan fingerprint density at radius 1 is 1.56 bits per heavy atom. The van der Waals surface area contributed by atoms with Crippen molar-refractivity contribution < 1.29 is 19.4 Å². The molecule has 1 amide bonds. The molecule has 0 spiro atoms. The van der Waals surface area contributed by atoms with Crippen LogP contribution >= 0.6 is 0 Å². The number of aliphatic hydroxyl groups is 1. The molecule has 1 aromatic carbocycles. The van der Waals surface area contributed by atoms with E-state index in [1.165, 1.54) is 12.1 Å². The third kappa shape index (κ3) is 3.86. The molecule has 0 aliphatic carbocycles. The standard InChI is InChI=1S/C11H14FNO3/c1-7(14)2-5-11(16)13-8-3-4-10(15)9(12)6-8/h3-4,6-7,14-15H,2,5H2,1H3,(H,13,16). The summed E-state index contributed by atoms with van der Waals surface area (Å²) in [5.41, 5.74) is 0.283. The molecule has 16 heavy (non-hydrogen) atoms. The van der Waals surface area contributed by atoms with Crippen molar-refractivity contribution in [3.63, 3.8) is 0 Å². The Hall–Kier alpha value is -1.62. The van der Waals surface area contributed by atoms with E-state index in [1.807, 2.05) is 0 Å². The summed E-state index contributed by atoms with van der Waals surface area (Å²) in [7, 11) is 0. The molecule has 0 bridgehead atoms. The number of carbonyl (C=O) groups excluding carboxylic acids is 1. The van der Waals surface area contributed by atoms with Crippen molar-refractivity contribution in [1.29, 1.82) is 0 Å². The highest BCUT2D eigenvalue weighted by Gasteiger charge is 2.06. The quantitative estimate of drug-likeness (QED) is 0.685. The van der Waals surface area contributed by atoms with Crippen molar-refractivity contribution in [2.75, 3.05) is 5.32 Å². The number of carbonyl (C=O) groups is 1. The number of hydrogen-bond donors (Lipinski definition) is 3.